The zero-order valence-corrected chi connectivity index (χ0v) is 20.9. The van der Waals surface area contributed by atoms with Crippen molar-refractivity contribution in [3.05, 3.63) is 102 Å². The fourth-order valence-corrected chi connectivity index (χ4v) is 3.43. The van der Waals surface area contributed by atoms with Crippen LogP contribution in [0, 0.1) is 0 Å². The van der Waals surface area contributed by atoms with Crippen molar-refractivity contribution < 1.29 is 63.6 Å². The molecule has 0 bridgehead atoms. The average Bonchev–Trinajstić information content (AvgIpc) is 2.83. The van der Waals surface area contributed by atoms with Crippen molar-refractivity contribution in [1.82, 2.24) is 4.98 Å². The van der Waals surface area contributed by atoms with Crippen LogP contribution in [-0.4, -0.2) is 28.3 Å². The van der Waals surface area contributed by atoms with E-state index in [2.05, 4.69) is 15.0 Å². The molecule has 10 heteroatoms. The summed E-state index contributed by atoms with van der Waals surface area (Å²) in [7, 11) is 0. The second-order valence-electron chi connectivity index (χ2n) is 7.42. The molecule has 0 atom stereocenters. The Kier molecular flexibility index (Phi) is 8.52. The molecule has 0 unspecified atom stereocenters. The number of aromatic carboxylic acids is 1. The van der Waals surface area contributed by atoms with Crippen molar-refractivity contribution in [3.63, 3.8) is 0 Å². The summed E-state index contributed by atoms with van der Waals surface area (Å²) in [6, 6.07) is 20.2. The second-order valence-corrected chi connectivity index (χ2v) is 7.42. The number of carbonyl (C=O) groups excluding carboxylic acids is 1. The van der Waals surface area contributed by atoms with Crippen LogP contribution in [0.4, 0.5) is 18.9 Å². The number of anilines is 1. The standard InChI is InChI=1S/C26H17F3N2O4.Na.H/c27-26(28,29)35-21-8-4-7-17(12-21)18-9-10-22(25(33)34)23(13-18)31-24(32)20-11-19(14-30-15-20)16-5-2-1-3-6-16;;/h1-15H,(H,31,32)(H,33,34);;/q;+1;-1. The first-order valence-electron chi connectivity index (χ1n) is 10.2. The number of amides is 1. The molecule has 0 fully saturated rings. The van der Waals surface area contributed by atoms with Crippen LogP contribution in [-0.2, 0) is 0 Å². The molecule has 4 rings (SSSR count). The van der Waals surface area contributed by atoms with Crippen molar-refractivity contribution in [1.29, 1.82) is 0 Å². The Bertz CT molecular complexity index is 1400. The van der Waals surface area contributed by atoms with Gasteiger partial charge in [-0.2, -0.15) is 0 Å². The molecule has 1 amide bonds. The normalized spacial score (nSPS) is 10.8. The number of carboxylic acids is 1. The summed E-state index contributed by atoms with van der Waals surface area (Å²) in [6.45, 7) is 0. The topological polar surface area (TPSA) is 88.5 Å². The van der Waals surface area contributed by atoms with E-state index in [1.54, 1.807) is 12.3 Å². The molecule has 0 saturated heterocycles. The molecule has 1 heterocycles. The Morgan fingerprint density at radius 1 is 0.833 bits per heavy atom. The fraction of sp³-hybridized carbons (Fsp3) is 0.0385. The molecule has 1 aromatic heterocycles. The SMILES string of the molecule is O=C(Nc1cc(-c2cccc(OC(F)(F)F)c2)ccc1C(=O)O)c1cncc(-c2ccccc2)c1.[H-].[Na+]. The number of carbonyl (C=O) groups is 2. The number of nitrogens with zero attached hydrogens (tertiary/aromatic N) is 1. The fourth-order valence-electron chi connectivity index (χ4n) is 3.43. The predicted molar refractivity (Wildman–Crippen MR) is 124 cm³/mol. The minimum Gasteiger partial charge on any atom is -1.00 e. The van der Waals surface area contributed by atoms with Crippen LogP contribution in [0.3, 0.4) is 0 Å². The third-order valence-corrected chi connectivity index (χ3v) is 5.01. The maximum atomic E-state index is 12.9. The number of alkyl halides is 3. The third kappa shape index (κ3) is 6.72. The van der Waals surface area contributed by atoms with Gasteiger partial charge in [-0.3, -0.25) is 9.78 Å². The molecule has 0 spiro atoms. The van der Waals surface area contributed by atoms with E-state index >= 15 is 0 Å². The molecular weight excluding hydrogens is 484 g/mol. The number of pyridine rings is 1. The van der Waals surface area contributed by atoms with Gasteiger partial charge in [0, 0.05) is 18.0 Å². The van der Waals surface area contributed by atoms with E-state index in [0.29, 0.717) is 16.7 Å². The van der Waals surface area contributed by atoms with E-state index in [1.807, 2.05) is 30.3 Å². The monoisotopic (exact) mass is 502 g/mol. The molecule has 2 N–H and O–H groups in total. The van der Waals surface area contributed by atoms with Crippen LogP contribution in [0.15, 0.2) is 91.3 Å². The first kappa shape index (κ1) is 26.9. The summed E-state index contributed by atoms with van der Waals surface area (Å²) in [5.74, 6) is -2.30. The van der Waals surface area contributed by atoms with Crippen LogP contribution in [0.1, 0.15) is 22.1 Å². The van der Waals surface area contributed by atoms with E-state index < -0.39 is 24.0 Å². The molecule has 0 aliphatic carbocycles. The number of nitrogens with one attached hydrogen (secondary N) is 1. The number of benzene rings is 3. The summed E-state index contributed by atoms with van der Waals surface area (Å²) < 4.78 is 41.7. The van der Waals surface area contributed by atoms with Crippen LogP contribution in [0.2, 0.25) is 0 Å². The molecular formula is C26H18F3N2NaO4. The van der Waals surface area contributed by atoms with Crippen molar-refractivity contribution in [2.75, 3.05) is 5.32 Å². The van der Waals surface area contributed by atoms with Gasteiger partial charge in [-0.1, -0.05) is 48.5 Å². The molecule has 6 nitrogen and oxygen atoms in total. The Hall–Kier alpha value is -3.66. The van der Waals surface area contributed by atoms with Gasteiger partial charge in [-0.25, -0.2) is 4.79 Å². The Balaban J connectivity index is 0.00000241. The number of hydrogen-bond acceptors (Lipinski definition) is 4. The molecule has 3 aromatic carbocycles. The summed E-state index contributed by atoms with van der Waals surface area (Å²) in [5.41, 5.74) is 2.27. The van der Waals surface area contributed by atoms with Crippen molar-refractivity contribution in [3.8, 4) is 28.0 Å². The average molecular weight is 502 g/mol. The zero-order valence-electron chi connectivity index (χ0n) is 19.9. The van der Waals surface area contributed by atoms with Crippen LogP contribution in [0.25, 0.3) is 22.3 Å². The predicted octanol–water partition coefficient (Wildman–Crippen LogP) is 3.38. The van der Waals surface area contributed by atoms with Gasteiger partial charge < -0.3 is 16.6 Å². The van der Waals surface area contributed by atoms with Crippen molar-refractivity contribution in [2.45, 2.75) is 6.36 Å². The number of rotatable bonds is 6. The van der Waals surface area contributed by atoms with Gasteiger partial charge in [0.15, 0.2) is 0 Å². The van der Waals surface area contributed by atoms with Crippen LogP contribution in [0.5, 0.6) is 5.75 Å². The van der Waals surface area contributed by atoms with Gasteiger partial charge in [0.05, 0.1) is 16.8 Å². The number of aromatic nitrogens is 1. The quantitative estimate of drug-likeness (QED) is 0.395. The zero-order chi connectivity index (χ0) is 25.0. The smallest absolute Gasteiger partial charge is 1.00 e. The number of hydrogen-bond donors (Lipinski definition) is 2. The molecule has 178 valence electrons. The van der Waals surface area contributed by atoms with Gasteiger partial charge in [-0.15, -0.1) is 13.2 Å². The molecule has 0 aliphatic rings. The van der Waals surface area contributed by atoms with E-state index in [0.717, 1.165) is 11.6 Å². The van der Waals surface area contributed by atoms with Gasteiger partial charge in [-0.05, 0) is 47.0 Å². The minimum absolute atomic E-state index is 0. The molecule has 0 radical (unpaired) electrons. The largest absolute Gasteiger partial charge is 1.00 e. The summed E-state index contributed by atoms with van der Waals surface area (Å²) in [6.07, 6.45) is -1.90. The van der Waals surface area contributed by atoms with Crippen LogP contribution >= 0.6 is 0 Å². The van der Waals surface area contributed by atoms with E-state index in [9.17, 15) is 27.9 Å². The number of halogens is 3. The summed E-state index contributed by atoms with van der Waals surface area (Å²) in [5, 5.41) is 12.1. The number of ether oxygens (including phenoxy) is 1. The third-order valence-electron chi connectivity index (χ3n) is 5.01. The molecule has 4 aromatic rings. The molecule has 0 aliphatic heterocycles. The van der Waals surface area contributed by atoms with Gasteiger partial charge in [0.25, 0.3) is 5.91 Å². The number of carboxylic acid groups (broad SMARTS) is 1. The second kappa shape index (κ2) is 11.4. The van der Waals surface area contributed by atoms with Crippen LogP contribution < -0.4 is 39.6 Å². The first-order valence-corrected chi connectivity index (χ1v) is 10.2. The van der Waals surface area contributed by atoms with Crippen molar-refractivity contribution >= 4 is 17.6 Å². The van der Waals surface area contributed by atoms with Gasteiger partial charge in [0.1, 0.15) is 5.75 Å². The summed E-state index contributed by atoms with van der Waals surface area (Å²) in [4.78, 5) is 28.8. The van der Waals surface area contributed by atoms with E-state index in [-0.39, 0.29) is 47.8 Å². The van der Waals surface area contributed by atoms with E-state index in [1.165, 1.54) is 42.6 Å². The maximum absolute atomic E-state index is 12.9. The van der Waals surface area contributed by atoms with Crippen molar-refractivity contribution in [2.24, 2.45) is 0 Å². The van der Waals surface area contributed by atoms with Gasteiger partial charge >= 0.3 is 41.9 Å². The molecule has 36 heavy (non-hydrogen) atoms. The Morgan fingerprint density at radius 3 is 2.22 bits per heavy atom. The Labute approximate surface area is 227 Å². The minimum atomic E-state index is -4.85. The Morgan fingerprint density at radius 2 is 1.53 bits per heavy atom. The molecule has 0 saturated carbocycles. The maximum Gasteiger partial charge on any atom is 1.00 e. The van der Waals surface area contributed by atoms with E-state index in [4.69, 9.17) is 0 Å². The summed E-state index contributed by atoms with van der Waals surface area (Å²) >= 11 is 0. The first-order chi connectivity index (χ1) is 16.7. The van der Waals surface area contributed by atoms with Gasteiger partial charge in [0.2, 0.25) is 0 Å².